The molecule has 2 N–H and O–H groups in total. The fraction of sp³-hybridized carbons (Fsp3) is 0.357. The second kappa shape index (κ2) is 13.1. The predicted molar refractivity (Wildman–Crippen MR) is 155 cm³/mol. The van der Waals surface area contributed by atoms with E-state index in [0.29, 0.717) is 11.1 Å². The highest BCUT2D eigenvalue weighted by Crippen LogP contribution is 2.37. The van der Waals surface area contributed by atoms with Crippen molar-refractivity contribution in [3.63, 3.8) is 0 Å². The SMILES string of the molecule is CS(=O)(=O)Nc1ccc(C(C(=O)NCc2ccc(C(F)(F)F)nc2SC2CCCCC2)c2ccc(Br)cc2)cc1F. The summed E-state index contributed by atoms with van der Waals surface area (Å²) in [5, 5.41) is 3.18. The molecule has 1 aromatic heterocycles. The van der Waals surface area contributed by atoms with Crippen LogP contribution >= 0.6 is 27.7 Å². The summed E-state index contributed by atoms with van der Waals surface area (Å²) < 4.78 is 81.2. The third-order valence-electron chi connectivity index (χ3n) is 6.60. The zero-order valence-electron chi connectivity index (χ0n) is 22.0. The van der Waals surface area contributed by atoms with Gasteiger partial charge in [0.1, 0.15) is 16.5 Å². The summed E-state index contributed by atoms with van der Waals surface area (Å²) in [7, 11) is -3.73. The molecule has 0 bridgehead atoms. The normalized spacial score (nSPS) is 15.4. The molecule has 4 rings (SSSR count). The second-order valence-corrected chi connectivity index (χ2v) is 13.8. The molecule has 1 fully saturated rings. The van der Waals surface area contributed by atoms with Gasteiger partial charge < -0.3 is 5.32 Å². The summed E-state index contributed by atoms with van der Waals surface area (Å²) in [5.41, 5.74) is 0.0127. The van der Waals surface area contributed by atoms with Crippen LogP contribution in [-0.4, -0.2) is 30.8 Å². The van der Waals surface area contributed by atoms with E-state index in [4.69, 9.17) is 0 Å². The summed E-state index contributed by atoms with van der Waals surface area (Å²) in [4.78, 5) is 17.5. The molecule has 2 aromatic carbocycles. The molecule has 0 spiro atoms. The molecule has 0 aliphatic heterocycles. The Hall–Kier alpha value is -2.64. The van der Waals surface area contributed by atoms with E-state index in [1.54, 1.807) is 24.3 Å². The standard InChI is InChI=1S/C28H28BrF4N3O3S2/c1-41(38,39)36-23-13-9-18(15-22(23)30)25(17-7-11-20(29)12-8-17)26(37)34-16-19-10-14-24(28(31,32)33)35-27(19)40-21-5-3-2-4-6-21/h7-15,21,25,36H,2-6,16H2,1H3,(H,34,37). The van der Waals surface area contributed by atoms with E-state index in [2.05, 4.69) is 31.0 Å². The fourth-order valence-electron chi connectivity index (χ4n) is 4.63. The average Bonchev–Trinajstić information content (AvgIpc) is 2.90. The molecule has 1 aliphatic carbocycles. The van der Waals surface area contributed by atoms with Crippen molar-refractivity contribution in [3.05, 3.63) is 87.3 Å². The Balaban J connectivity index is 1.62. The predicted octanol–water partition coefficient (Wildman–Crippen LogP) is 7.25. The lowest BCUT2D eigenvalue weighted by Crippen LogP contribution is -2.30. The topological polar surface area (TPSA) is 88.2 Å². The van der Waals surface area contributed by atoms with Gasteiger partial charge in [-0.2, -0.15) is 13.2 Å². The van der Waals surface area contributed by atoms with Crippen LogP contribution in [0.3, 0.4) is 0 Å². The van der Waals surface area contributed by atoms with Gasteiger partial charge in [-0.3, -0.25) is 9.52 Å². The average molecular weight is 675 g/mol. The minimum absolute atomic E-state index is 0.0811. The van der Waals surface area contributed by atoms with Crippen molar-refractivity contribution in [1.29, 1.82) is 0 Å². The van der Waals surface area contributed by atoms with Crippen molar-refractivity contribution >= 4 is 49.3 Å². The fourth-order valence-corrected chi connectivity index (χ4v) is 6.79. The van der Waals surface area contributed by atoms with Gasteiger partial charge in [-0.1, -0.05) is 59.5 Å². The summed E-state index contributed by atoms with van der Waals surface area (Å²) in [6.45, 7) is -0.0811. The minimum atomic E-state index is -4.60. The number of alkyl halides is 3. The Morgan fingerprint density at radius 3 is 2.32 bits per heavy atom. The van der Waals surface area contributed by atoms with E-state index in [1.165, 1.54) is 30.0 Å². The molecule has 1 atom stereocenters. The molecule has 1 aliphatic rings. The number of pyridine rings is 1. The lowest BCUT2D eigenvalue weighted by atomic mass is 9.90. The number of halogens is 5. The second-order valence-electron chi connectivity index (χ2n) is 9.85. The molecule has 0 radical (unpaired) electrons. The van der Waals surface area contributed by atoms with Crippen LogP contribution < -0.4 is 10.0 Å². The lowest BCUT2D eigenvalue weighted by molar-refractivity contribution is -0.141. The van der Waals surface area contributed by atoms with Crippen LogP contribution in [0.15, 0.2) is 64.1 Å². The molecular formula is C28H28BrF4N3O3S2. The Morgan fingerprint density at radius 1 is 1.05 bits per heavy atom. The molecule has 3 aromatic rings. The van der Waals surface area contributed by atoms with Crippen molar-refractivity contribution in [1.82, 2.24) is 10.3 Å². The van der Waals surface area contributed by atoms with Crippen molar-refractivity contribution < 1.29 is 30.8 Å². The van der Waals surface area contributed by atoms with Crippen LogP contribution in [0, 0.1) is 5.82 Å². The Bertz CT molecular complexity index is 1500. The molecule has 1 amide bonds. The first-order chi connectivity index (χ1) is 19.3. The van der Waals surface area contributed by atoms with E-state index in [-0.39, 0.29) is 28.1 Å². The van der Waals surface area contributed by atoms with Gasteiger partial charge in [0.25, 0.3) is 0 Å². The molecule has 41 heavy (non-hydrogen) atoms. The Kier molecular flexibility index (Phi) is 10.0. The first-order valence-electron chi connectivity index (χ1n) is 12.8. The number of nitrogens with one attached hydrogen (secondary N) is 2. The van der Waals surface area contributed by atoms with Crippen LogP contribution in [0.25, 0.3) is 0 Å². The highest BCUT2D eigenvalue weighted by Gasteiger charge is 2.33. The van der Waals surface area contributed by atoms with Crippen LogP contribution in [0.5, 0.6) is 0 Å². The minimum Gasteiger partial charge on any atom is -0.351 e. The van der Waals surface area contributed by atoms with Gasteiger partial charge in [0.15, 0.2) is 0 Å². The number of nitrogens with zero attached hydrogens (tertiary/aromatic N) is 1. The number of amides is 1. The summed E-state index contributed by atoms with van der Waals surface area (Å²) in [6.07, 6.45) is 1.18. The van der Waals surface area contributed by atoms with E-state index in [9.17, 15) is 30.8 Å². The van der Waals surface area contributed by atoms with Gasteiger partial charge >= 0.3 is 6.18 Å². The van der Waals surface area contributed by atoms with Gasteiger partial charge in [-0.05, 0) is 54.3 Å². The maximum Gasteiger partial charge on any atom is 0.433 e. The molecule has 1 unspecified atom stereocenters. The van der Waals surface area contributed by atoms with Crippen LogP contribution in [0.4, 0.5) is 23.2 Å². The largest absolute Gasteiger partial charge is 0.433 e. The van der Waals surface area contributed by atoms with Gasteiger partial charge in [0, 0.05) is 21.8 Å². The highest BCUT2D eigenvalue weighted by molar-refractivity contribution is 9.10. The highest BCUT2D eigenvalue weighted by atomic mass is 79.9. The van der Waals surface area contributed by atoms with Crippen LogP contribution in [0.2, 0.25) is 0 Å². The van der Waals surface area contributed by atoms with E-state index in [1.807, 2.05) is 0 Å². The molecule has 1 heterocycles. The smallest absolute Gasteiger partial charge is 0.351 e. The third-order valence-corrected chi connectivity index (χ3v) is 9.10. The monoisotopic (exact) mass is 673 g/mol. The third kappa shape index (κ3) is 8.68. The number of carbonyl (C=O) groups excluding carboxylic acids is 1. The molecule has 220 valence electrons. The van der Waals surface area contributed by atoms with E-state index >= 15 is 0 Å². The van der Waals surface area contributed by atoms with Crippen molar-refractivity contribution in [2.75, 3.05) is 11.0 Å². The zero-order valence-corrected chi connectivity index (χ0v) is 25.2. The quantitative estimate of drug-likeness (QED) is 0.234. The first-order valence-corrected chi connectivity index (χ1v) is 16.4. The number of benzene rings is 2. The van der Waals surface area contributed by atoms with Gasteiger partial charge in [-0.15, -0.1) is 11.8 Å². The maximum absolute atomic E-state index is 14.9. The van der Waals surface area contributed by atoms with Crippen molar-refractivity contribution in [2.45, 2.75) is 61.0 Å². The van der Waals surface area contributed by atoms with Crippen molar-refractivity contribution in [2.24, 2.45) is 0 Å². The van der Waals surface area contributed by atoms with Gasteiger partial charge in [-0.25, -0.2) is 17.8 Å². The number of anilines is 1. The zero-order chi connectivity index (χ0) is 29.8. The molecule has 1 saturated carbocycles. The van der Waals surface area contributed by atoms with E-state index < -0.39 is 39.5 Å². The summed E-state index contributed by atoms with van der Waals surface area (Å²) in [6, 6.07) is 12.9. The molecular weight excluding hydrogens is 646 g/mol. The van der Waals surface area contributed by atoms with Crippen LogP contribution in [-0.2, 0) is 27.5 Å². The number of carbonyl (C=O) groups is 1. The number of hydrogen-bond donors (Lipinski definition) is 2. The Labute approximate surface area is 248 Å². The molecule has 13 heteroatoms. The van der Waals surface area contributed by atoms with Gasteiger partial charge in [0.05, 0.1) is 17.9 Å². The number of rotatable bonds is 9. The molecule has 6 nitrogen and oxygen atoms in total. The number of sulfonamides is 1. The van der Waals surface area contributed by atoms with E-state index in [0.717, 1.165) is 55.0 Å². The lowest BCUT2D eigenvalue weighted by Gasteiger charge is -2.23. The number of aromatic nitrogens is 1. The van der Waals surface area contributed by atoms with Crippen molar-refractivity contribution in [3.8, 4) is 0 Å². The summed E-state index contributed by atoms with van der Waals surface area (Å²) in [5.74, 6) is -2.35. The maximum atomic E-state index is 14.9. The number of thioether (sulfide) groups is 1. The van der Waals surface area contributed by atoms with Crippen LogP contribution in [0.1, 0.15) is 60.4 Å². The number of hydrogen-bond acceptors (Lipinski definition) is 5. The first kappa shape index (κ1) is 31.3. The summed E-state index contributed by atoms with van der Waals surface area (Å²) >= 11 is 4.66. The van der Waals surface area contributed by atoms with Gasteiger partial charge in [0.2, 0.25) is 15.9 Å². The Morgan fingerprint density at radius 2 is 1.71 bits per heavy atom. The molecule has 0 saturated heterocycles.